The zero-order valence-electron chi connectivity index (χ0n) is 20.2. The Balaban J connectivity index is 1.26. The van der Waals surface area contributed by atoms with Crippen LogP contribution in [-0.4, -0.2) is 48.8 Å². The van der Waals surface area contributed by atoms with Gasteiger partial charge in [-0.25, -0.2) is 4.98 Å². The van der Waals surface area contributed by atoms with Crippen LogP contribution in [0.4, 0.5) is 11.5 Å². The first-order valence-electron chi connectivity index (χ1n) is 11.9. The molecule has 1 atom stereocenters. The molecule has 6 rings (SSSR count). The van der Waals surface area contributed by atoms with Crippen molar-refractivity contribution in [3.05, 3.63) is 99.2 Å². The zero-order chi connectivity index (χ0) is 26.9. The summed E-state index contributed by atoms with van der Waals surface area (Å²) >= 11 is 7.80. The van der Waals surface area contributed by atoms with Gasteiger partial charge in [0.15, 0.2) is 0 Å². The lowest BCUT2D eigenvalue weighted by atomic mass is 10.1. The summed E-state index contributed by atoms with van der Waals surface area (Å²) in [5, 5.41) is 15.2. The fourth-order valence-corrected chi connectivity index (χ4v) is 5.53. The maximum Gasteiger partial charge on any atom is 0.267 e. The molecule has 1 unspecified atom stereocenters. The minimum Gasteiger partial charge on any atom is -0.323 e. The Kier molecular flexibility index (Phi) is 6.51. The first-order valence-corrected chi connectivity index (χ1v) is 13.2. The van der Waals surface area contributed by atoms with Crippen LogP contribution in [0.1, 0.15) is 31.3 Å². The quantitative estimate of drug-likeness (QED) is 0.281. The van der Waals surface area contributed by atoms with Gasteiger partial charge in [-0.05, 0) is 47.3 Å². The Morgan fingerprint density at radius 2 is 2.00 bits per heavy atom. The summed E-state index contributed by atoms with van der Waals surface area (Å²) < 4.78 is 0. The number of rotatable bonds is 6. The molecule has 3 amide bonds. The van der Waals surface area contributed by atoms with E-state index in [9.17, 15) is 14.4 Å². The van der Waals surface area contributed by atoms with Crippen LogP contribution in [-0.2, 0) is 17.8 Å². The summed E-state index contributed by atoms with van der Waals surface area (Å²) in [6.45, 7) is 0.113. The van der Waals surface area contributed by atoms with E-state index in [4.69, 9.17) is 11.6 Å². The smallest absolute Gasteiger partial charge is 0.267 e. The number of amides is 3. The molecule has 0 spiro atoms. The standard InChI is InChI=1S/C27H20ClN7O3S/c28-19-9-15(4-5-18(19)25(36)33-23-10-16-12-31-34-21(16)13-30-23)14-35-22(11-17-3-1-2-7-29-17)26(37)32-20-6-8-39-24(20)27(35)38/h1-10,12-13,22H,11,14H2,(H,31,34)(H,32,37)(H,30,33,36). The van der Waals surface area contributed by atoms with Gasteiger partial charge in [0.05, 0.1) is 34.2 Å². The molecule has 1 aliphatic rings. The van der Waals surface area contributed by atoms with Crippen molar-refractivity contribution < 1.29 is 14.4 Å². The first-order chi connectivity index (χ1) is 19.0. The van der Waals surface area contributed by atoms with Gasteiger partial charge < -0.3 is 15.5 Å². The highest BCUT2D eigenvalue weighted by molar-refractivity contribution is 7.12. The number of carbonyl (C=O) groups is 3. The van der Waals surface area contributed by atoms with Gasteiger partial charge in [-0.2, -0.15) is 5.10 Å². The Labute approximate surface area is 231 Å². The van der Waals surface area contributed by atoms with E-state index in [0.29, 0.717) is 27.6 Å². The average Bonchev–Trinajstić information content (AvgIpc) is 3.58. The van der Waals surface area contributed by atoms with Crippen molar-refractivity contribution in [1.82, 2.24) is 25.1 Å². The molecule has 0 fully saturated rings. The largest absolute Gasteiger partial charge is 0.323 e. The molecule has 0 saturated carbocycles. The van der Waals surface area contributed by atoms with Crippen molar-refractivity contribution in [1.29, 1.82) is 0 Å². The molecule has 5 heterocycles. The molecule has 0 saturated heterocycles. The Morgan fingerprint density at radius 1 is 1.10 bits per heavy atom. The molecule has 0 bridgehead atoms. The second-order valence-electron chi connectivity index (χ2n) is 8.92. The molecule has 194 valence electrons. The maximum absolute atomic E-state index is 13.6. The third kappa shape index (κ3) is 4.97. The summed E-state index contributed by atoms with van der Waals surface area (Å²) in [6.07, 6.45) is 5.12. The van der Waals surface area contributed by atoms with Crippen LogP contribution in [0.3, 0.4) is 0 Å². The van der Waals surface area contributed by atoms with Gasteiger partial charge in [0.1, 0.15) is 16.7 Å². The number of fused-ring (bicyclic) bond motifs is 2. The van der Waals surface area contributed by atoms with Gasteiger partial charge in [0, 0.05) is 30.2 Å². The third-order valence-corrected chi connectivity index (χ3v) is 7.60. The van der Waals surface area contributed by atoms with Crippen LogP contribution in [0, 0.1) is 0 Å². The highest BCUT2D eigenvalue weighted by atomic mass is 35.5. The molecule has 39 heavy (non-hydrogen) atoms. The minimum absolute atomic E-state index is 0.113. The number of carbonyl (C=O) groups excluding carboxylic acids is 3. The van der Waals surface area contributed by atoms with Crippen molar-refractivity contribution in [2.45, 2.75) is 19.0 Å². The van der Waals surface area contributed by atoms with E-state index in [2.05, 4.69) is 30.8 Å². The second kappa shape index (κ2) is 10.3. The highest BCUT2D eigenvalue weighted by Gasteiger charge is 2.36. The third-order valence-electron chi connectivity index (χ3n) is 6.38. The van der Waals surface area contributed by atoms with E-state index in [0.717, 1.165) is 10.9 Å². The van der Waals surface area contributed by atoms with Crippen LogP contribution in [0.5, 0.6) is 0 Å². The molecule has 0 aliphatic carbocycles. The van der Waals surface area contributed by atoms with E-state index in [1.807, 2.05) is 12.1 Å². The van der Waals surface area contributed by atoms with Gasteiger partial charge in [-0.3, -0.25) is 24.5 Å². The lowest BCUT2D eigenvalue weighted by Crippen LogP contribution is -2.46. The molecule has 5 aromatic rings. The van der Waals surface area contributed by atoms with Crippen molar-refractivity contribution in [2.75, 3.05) is 10.6 Å². The normalized spacial score (nSPS) is 15.1. The Morgan fingerprint density at radius 3 is 2.82 bits per heavy atom. The number of benzene rings is 1. The number of aromatic nitrogens is 4. The van der Waals surface area contributed by atoms with Crippen LogP contribution >= 0.6 is 22.9 Å². The van der Waals surface area contributed by atoms with Crippen molar-refractivity contribution >= 4 is 63.1 Å². The SMILES string of the molecule is O=C(Nc1cc2cn[nH]c2cn1)c1ccc(CN2C(=O)c3sccc3NC(=O)C2Cc2ccccn2)cc1Cl. The van der Waals surface area contributed by atoms with Crippen molar-refractivity contribution in [3.63, 3.8) is 0 Å². The lowest BCUT2D eigenvalue weighted by molar-refractivity contribution is -0.120. The van der Waals surface area contributed by atoms with E-state index >= 15 is 0 Å². The fraction of sp³-hybridized carbons (Fsp3) is 0.111. The highest BCUT2D eigenvalue weighted by Crippen LogP contribution is 2.31. The number of nitrogens with zero attached hydrogens (tertiary/aromatic N) is 4. The molecule has 3 N–H and O–H groups in total. The van der Waals surface area contributed by atoms with E-state index < -0.39 is 11.9 Å². The van der Waals surface area contributed by atoms with Crippen LogP contribution in [0.25, 0.3) is 10.9 Å². The number of nitrogens with one attached hydrogen (secondary N) is 3. The number of pyridine rings is 2. The van der Waals surface area contributed by atoms with Gasteiger partial charge in [-0.15, -0.1) is 11.3 Å². The van der Waals surface area contributed by atoms with Crippen LogP contribution in [0.2, 0.25) is 5.02 Å². The number of halogens is 1. The monoisotopic (exact) mass is 557 g/mol. The van der Waals surface area contributed by atoms with Crippen LogP contribution < -0.4 is 10.6 Å². The van der Waals surface area contributed by atoms with E-state index in [1.54, 1.807) is 60.4 Å². The van der Waals surface area contributed by atoms with E-state index in [-0.39, 0.29) is 35.4 Å². The van der Waals surface area contributed by atoms with Gasteiger partial charge in [0.25, 0.3) is 11.8 Å². The maximum atomic E-state index is 13.6. The molecule has 1 aliphatic heterocycles. The molecule has 10 nitrogen and oxygen atoms in total. The molecular weight excluding hydrogens is 538 g/mol. The number of hydrogen-bond acceptors (Lipinski definition) is 7. The first kappa shape index (κ1) is 24.7. The van der Waals surface area contributed by atoms with Crippen molar-refractivity contribution in [2.24, 2.45) is 0 Å². The van der Waals surface area contributed by atoms with Crippen LogP contribution in [0.15, 0.2) is 72.5 Å². The van der Waals surface area contributed by atoms with Crippen molar-refractivity contribution in [3.8, 4) is 0 Å². The number of H-pyrrole nitrogens is 1. The number of anilines is 2. The molecule has 12 heteroatoms. The molecule has 1 aromatic carbocycles. The summed E-state index contributed by atoms with van der Waals surface area (Å²) in [5.41, 5.74) is 2.86. The topological polar surface area (TPSA) is 133 Å². The lowest BCUT2D eigenvalue weighted by Gasteiger charge is -2.28. The predicted octanol–water partition coefficient (Wildman–Crippen LogP) is 4.53. The summed E-state index contributed by atoms with van der Waals surface area (Å²) in [4.78, 5) is 50.3. The average molecular weight is 558 g/mol. The Bertz CT molecular complexity index is 1720. The number of aromatic amines is 1. The second-order valence-corrected chi connectivity index (χ2v) is 10.2. The van der Waals surface area contributed by atoms with E-state index in [1.165, 1.54) is 16.2 Å². The summed E-state index contributed by atoms with van der Waals surface area (Å²) in [5.74, 6) is -0.629. The molecule has 0 radical (unpaired) electrons. The van der Waals surface area contributed by atoms with Gasteiger partial charge in [0.2, 0.25) is 5.91 Å². The summed E-state index contributed by atoms with van der Waals surface area (Å²) in [6, 6.07) is 13.0. The molecular formula is C27H20ClN7O3S. The zero-order valence-corrected chi connectivity index (χ0v) is 21.8. The van der Waals surface area contributed by atoms with Gasteiger partial charge >= 0.3 is 0 Å². The molecule has 4 aromatic heterocycles. The predicted molar refractivity (Wildman–Crippen MR) is 148 cm³/mol. The minimum atomic E-state index is -0.794. The summed E-state index contributed by atoms with van der Waals surface area (Å²) in [7, 11) is 0. The van der Waals surface area contributed by atoms with Gasteiger partial charge in [-0.1, -0.05) is 23.7 Å². The Hall–Kier alpha value is -4.61. The fourth-order valence-electron chi connectivity index (χ4n) is 4.44. The number of hydrogen-bond donors (Lipinski definition) is 3. The number of thiophene rings is 1.